The van der Waals surface area contributed by atoms with E-state index < -0.39 is 0 Å². The number of hydrogen-bond donors (Lipinski definition) is 0. The second-order valence-electron chi connectivity index (χ2n) is 7.93. The number of unbranched alkanes of at least 4 members (excludes halogenated alkanes) is 2. The van der Waals surface area contributed by atoms with Crippen LogP contribution < -0.4 is 4.90 Å². The first-order chi connectivity index (χ1) is 14.1. The highest BCUT2D eigenvalue weighted by Gasteiger charge is 2.19. The molecule has 29 heavy (non-hydrogen) atoms. The standard InChI is InChI=1S/C25H32F2N2/c1-3-15-28(2)16-5-4-6-17-29-18-7-8-23(20-9-11-21(26)12-10-20)24-14-13-22(27)19-25(24)29/h8-14,19H,3-7,15-18H2,1-2H3. The number of fused-ring (bicyclic) bond motifs is 1. The van der Waals surface area contributed by atoms with Gasteiger partial charge in [0.2, 0.25) is 0 Å². The van der Waals surface area contributed by atoms with Crippen molar-refractivity contribution in [1.29, 1.82) is 0 Å². The van der Waals surface area contributed by atoms with Crippen LogP contribution in [0.25, 0.3) is 5.57 Å². The lowest BCUT2D eigenvalue weighted by molar-refractivity contribution is 0.325. The van der Waals surface area contributed by atoms with Crippen LogP contribution in [0.3, 0.4) is 0 Å². The summed E-state index contributed by atoms with van der Waals surface area (Å²) in [6, 6.07) is 11.6. The van der Waals surface area contributed by atoms with Gasteiger partial charge in [-0.25, -0.2) is 8.78 Å². The van der Waals surface area contributed by atoms with Gasteiger partial charge in [0.25, 0.3) is 0 Å². The SMILES string of the molecule is CCCN(C)CCCCCN1CCC=C(c2ccc(F)cc2)c2ccc(F)cc21. The van der Waals surface area contributed by atoms with Crippen molar-refractivity contribution < 1.29 is 8.78 Å². The van der Waals surface area contributed by atoms with Crippen molar-refractivity contribution in [2.24, 2.45) is 0 Å². The molecule has 1 aliphatic heterocycles. The fraction of sp³-hybridized carbons (Fsp3) is 0.440. The van der Waals surface area contributed by atoms with E-state index in [1.807, 2.05) is 6.07 Å². The van der Waals surface area contributed by atoms with E-state index in [0.29, 0.717) is 0 Å². The number of halogens is 2. The van der Waals surface area contributed by atoms with Crippen molar-refractivity contribution in [2.75, 3.05) is 38.1 Å². The Kier molecular flexibility index (Phi) is 7.82. The Morgan fingerprint density at radius 2 is 1.69 bits per heavy atom. The highest BCUT2D eigenvalue weighted by atomic mass is 19.1. The molecule has 0 unspecified atom stereocenters. The topological polar surface area (TPSA) is 6.48 Å². The number of hydrogen-bond acceptors (Lipinski definition) is 2. The molecular formula is C25H32F2N2. The Bertz CT molecular complexity index is 814. The molecule has 0 spiro atoms. The van der Waals surface area contributed by atoms with Gasteiger partial charge < -0.3 is 9.80 Å². The van der Waals surface area contributed by atoms with Gasteiger partial charge in [0.05, 0.1) is 0 Å². The molecule has 0 radical (unpaired) electrons. The van der Waals surface area contributed by atoms with Gasteiger partial charge in [-0.1, -0.05) is 31.6 Å². The highest BCUT2D eigenvalue weighted by Crippen LogP contribution is 2.35. The lowest BCUT2D eigenvalue weighted by Gasteiger charge is -2.26. The van der Waals surface area contributed by atoms with Gasteiger partial charge in [-0.15, -0.1) is 0 Å². The normalized spacial score (nSPS) is 14.0. The molecule has 1 aliphatic rings. The maximum atomic E-state index is 14.1. The maximum absolute atomic E-state index is 14.1. The third-order valence-corrected chi connectivity index (χ3v) is 5.57. The van der Waals surface area contributed by atoms with E-state index in [0.717, 1.165) is 61.4 Å². The summed E-state index contributed by atoms with van der Waals surface area (Å²) in [6.45, 7) is 6.29. The molecule has 2 aromatic rings. The number of nitrogens with zero attached hydrogens (tertiary/aromatic N) is 2. The van der Waals surface area contributed by atoms with E-state index in [9.17, 15) is 8.78 Å². The van der Waals surface area contributed by atoms with Crippen LogP contribution in [-0.4, -0.2) is 38.1 Å². The molecule has 4 heteroatoms. The highest BCUT2D eigenvalue weighted by molar-refractivity contribution is 5.87. The van der Waals surface area contributed by atoms with E-state index in [2.05, 4.69) is 29.8 Å². The van der Waals surface area contributed by atoms with Crippen molar-refractivity contribution in [3.63, 3.8) is 0 Å². The average Bonchev–Trinajstić information content (AvgIpc) is 2.88. The van der Waals surface area contributed by atoms with Crippen molar-refractivity contribution in [3.8, 4) is 0 Å². The van der Waals surface area contributed by atoms with Gasteiger partial charge in [0.15, 0.2) is 0 Å². The van der Waals surface area contributed by atoms with Gasteiger partial charge in [-0.3, -0.25) is 0 Å². The summed E-state index contributed by atoms with van der Waals surface area (Å²) in [4.78, 5) is 4.69. The molecule has 3 rings (SSSR count). The van der Waals surface area contributed by atoms with Crippen molar-refractivity contribution in [2.45, 2.75) is 39.0 Å². The van der Waals surface area contributed by atoms with Crippen LogP contribution in [0.4, 0.5) is 14.5 Å². The molecule has 2 aromatic carbocycles. The van der Waals surface area contributed by atoms with Crippen molar-refractivity contribution >= 4 is 11.3 Å². The van der Waals surface area contributed by atoms with E-state index >= 15 is 0 Å². The summed E-state index contributed by atoms with van der Waals surface area (Å²) in [6.07, 6.45) is 7.75. The molecule has 0 N–H and O–H groups in total. The molecule has 0 aliphatic carbocycles. The molecule has 0 atom stereocenters. The van der Waals surface area contributed by atoms with E-state index in [-0.39, 0.29) is 11.6 Å². The van der Waals surface area contributed by atoms with Crippen molar-refractivity contribution in [1.82, 2.24) is 4.90 Å². The Hall–Kier alpha value is -2.20. The second-order valence-corrected chi connectivity index (χ2v) is 7.93. The molecule has 0 aromatic heterocycles. The minimum atomic E-state index is -0.242. The van der Waals surface area contributed by atoms with E-state index in [1.54, 1.807) is 18.2 Å². The monoisotopic (exact) mass is 398 g/mol. The van der Waals surface area contributed by atoms with Gasteiger partial charge in [-0.05, 0) is 87.3 Å². The van der Waals surface area contributed by atoms with Crippen LogP contribution in [-0.2, 0) is 0 Å². The van der Waals surface area contributed by atoms with E-state index in [4.69, 9.17) is 0 Å². The van der Waals surface area contributed by atoms with Crippen LogP contribution in [0.15, 0.2) is 48.5 Å². The van der Waals surface area contributed by atoms with Gasteiger partial charge >= 0.3 is 0 Å². The first-order valence-corrected chi connectivity index (χ1v) is 10.8. The zero-order chi connectivity index (χ0) is 20.6. The van der Waals surface area contributed by atoms with Crippen LogP contribution >= 0.6 is 0 Å². The quantitative estimate of drug-likeness (QED) is 0.470. The first-order valence-electron chi connectivity index (χ1n) is 10.8. The third-order valence-electron chi connectivity index (χ3n) is 5.57. The second kappa shape index (κ2) is 10.5. The summed E-state index contributed by atoms with van der Waals surface area (Å²) in [5.41, 5.74) is 4.00. The molecule has 0 amide bonds. The molecular weight excluding hydrogens is 366 g/mol. The van der Waals surface area contributed by atoms with Gasteiger partial charge in [0, 0.05) is 24.3 Å². The van der Waals surface area contributed by atoms with Crippen LogP contribution in [0.5, 0.6) is 0 Å². The number of anilines is 1. The lowest BCUT2D eigenvalue weighted by Crippen LogP contribution is -2.26. The smallest absolute Gasteiger partial charge is 0.125 e. The van der Waals surface area contributed by atoms with Crippen LogP contribution in [0, 0.1) is 11.6 Å². The first kappa shape index (κ1) is 21.5. The number of rotatable bonds is 9. The molecule has 0 saturated carbocycles. The largest absolute Gasteiger partial charge is 0.371 e. The Balaban J connectivity index is 1.69. The Labute approximate surface area is 173 Å². The van der Waals surface area contributed by atoms with E-state index in [1.165, 1.54) is 37.5 Å². The third kappa shape index (κ3) is 5.89. The van der Waals surface area contributed by atoms with Gasteiger partial charge in [0.1, 0.15) is 11.6 Å². The molecule has 0 fully saturated rings. The predicted molar refractivity (Wildman–Crippen MR) is 118 cm³/mol. The summed E-state index contributed by atoms with van der Waals surface area (Å²) < 4.78 is 27.4. The summed E-state index contributed by atoms with van der Waals surface area (Å²) in [7, 11) is 2.18. The predicted octanol–water partition coefficient (Wildman–Crippen LogP) is 6.12. The molecule has 2 nitrogen and oxygen atoms in total. The molecule has 156 valence electrons. The zero-order valence-electron chi connectivity index (χ0n) is 17.6. The fourth-order valence-corrected chi connectivity index (χ4v) is 4.08. The van der Waals surface area contributed by atoms with Crippen molar-refractivity contribution in [3.05, 3.63) is 71.3 Å². The fourth-order valence-electron chi connectivity index (χ4n) is 4.08. The average molecular weight is 399 g/mol. The summed E-state index contributed by atoms with van der Waals surface area (Å²) in [5, 5.41) is 0. The minimum absolute atomic E-state index is 0.213. The Morgan fingerprint density at radius 1 is 0.931 bits per heavy atom. The van der Waals surface area contributed by atoms with Crippen LogP contribution in [0.1, 0.15) is 50.2 Å². The summed E-state index contributed by atoms with van der Waals surface area (Å²) in [5.74, 6) is -0.455. The molecule has 0 bridgehead atoms. The lowest BCUT2D eigenvalue weighted by atomic mass is 9.96. The summed E-state index contributed by atoms with van der Waals surface area (Å²) >= 11 is 0. The zero-order valence-corrected chi connectivity index (χ0v) is 17.6. The number of benzene rings is 2. The molecule has 0 saturated heterocycles. The Morgan fingerprint density at radius 3 is 2.45 bits per heavy atom. The van der Waals surface area contributed by atoms with Gasteiger partial charge in [-0.2, -0.15) is 0 Å². The minimum Gasteiger partial charge on any atom is -0.371 e. The van der Waals surface area contributed by atoms with Crippen LogP contribution in [0.2, 0.25) is 0 Å². The maximum Gasteiger partial charge on any atom is 0.125 e. The molecule has 1 heterocycles.